The van der Waals surface area contributed by atoms with E-state index in [-0.39, 0.29) is 41.9 Å². The van der Waals surface area contributed by atoms with Gasteiger partial charge in [-0.1, -0.05) is 145 Å². The molecule has 1 unspecified atom stereocenters. The number of carbonyl (C=O) groups is 5. The molecule has 0 N–H and O–H groups in total. The van der Waals surface area contributed by atoms with Crippen molar-refractivity contribution >= 4 is 83.6 Å². The van der Waals surface area contributed by atoms with Crippen molar-refractivity contribution < 1.29 is 52.4 Å². The Morgan fingerprint density at radius 2 is 0.975 bits per heavy atom. The van der Waals surface area contributed by atoms with Crippen LogP contribution in [0.2, 0.25) is 0 Å². The number of likely N-dealkylation sites (tertiary alicyclic amines) is 2. The number of amides is 2. The van der Waals surface area contributed by atoms with Gasteiger partial charge in [0, 0.05) is 39.6 Å². The average Bonchev–Trinajstić information content (AvgIpc) is 3.50. The average molecular weight is 1300 g/mol. The zero-order valence-electron chi connectivity index (χ0n) is 47.9. The van der Waals surface area contributed by atoms with E-state index in [0.717, 1.165) is 80.9 Å². The van der Waals surface area contributed by atoms with Gasteiger partial charge in [0.05, 0.1) is 17.4 Å². The van der Waals surface area contributed by atoms with Crippen LogP contribution < -0.4 is 0 Å². The number of benzene rings is 5. The monoisotopic (exact) mass is 1300 g/mol. The molecule has 1 aliphatic carbocycles. The molecule has 14 nitrogen and oxygen atoms in total. The molecule has 0 radical (unpaired) electrons. The van der Waals surface area contributed by atoms with Crippen molar-refractivity contribution in [2.75, 3.05) is 26.2 Å². The Kier molecular flexibility index (Phi) is 23.9. The van der Waals surface area contributed by atoms with Crippen LogP contribution in [-0.2, 0) is 63.1 Å². The summed E-state index contributed by atoms with van der Waals surface area (Å²) < 4.78 is 29.9. The minimum atomic E-state index is -0.652. The second-order valence-electron chi connectivity index (χ2n) is 23.0. The summed E-state index contributed by atoms with van der Waals surface area (Å²) in [5, 5.41) is 0. The predicted molar refractivity (Wildman–Crippen MR) is 324 cm³/mol. The second kappa shape index (κ2) is 29.5. The third-order valence-electron chi connectivity index (χ3n) is 13.1. The highest BCUT2D eigenvalue weighted by Gasteiger charge is 2.73. The maximum Gasteiger partial charge on any atom is 0.422 e. The lowest BCUT2D eigenvalue weighted by molar-refractivity contribution is -0.160. The molecule has 1 spiro atoms. The largest absolute Gasteiger partial charge is 0.460 e. The van der Waals surface area contributed by atoms with Crippen LogP contribution in [0.25, 0.3) is 5.53 Å². The SMILES string of the molecule is C=C1CCN(C(=O)OCc2ccccc2)CC1.CC(C)(C)OC(=O)C(=[N+]=[N-])c1ccc(Br)cc1.CC(C)(C)OC(=O)C1(c2ccc(Br)cc2)CC12CCN(C(=O)OCc1ccccc1)CC2.CC(C)(C)OC(=O)Cc1ccc(Br)cc1. The molecule has 81 heavy (non-hydrogen) atoms. The Bertz CT molecular complexity index is 2950. The van der Waals surface area contributed by atoms with E-state index in [1.165, 1.54) is 5.57 Å². The molecule has 2 amide bonds. The van der Waals surface area contributed by atoms with Crippen LogP contribution >= 0.6 is 47.8 Å². The summed E-state index contributed by atoms with van der Waals surface area (Å²) in [6, 6.07) is 41.9. The fraction of sp³-hybridized carbons (Fsp3) is 0.406. The molecule has 0 bridgehead atoms. The lowest BCUT2D eigenvalue weighted by Gasteiger charge is -2.35. The fourth-order valence-corrected chi connectivity index (χ4v) is 9.82. The number of esters is 3. The van der Waals surface area contributed by atoms with E-state index in [2.05, 4.69) is 59.2 Å². The van der Waals surface area contributed by atoms with Crippen LogP contribution in [0.4, 0.5) is 9.59 Å². The minimum absolute atomic E-state index is 0.104. The molecule has 432 valence electrons. The molecular weight excluding hydrogens is 1220 g/mol. The van der Waals surface area contributed by atoms with Gasteiger partial charge < -0.3 is 39.0 Å². The number of carbonyl (C=O) groups excluding carboxylic acids is 5. The van der Waals surface area contributed by atoms with Gasteiger partial charge in [-0.2, -0.15) is 4.79 Å². The third kappa shape index (κ3) is 21.1. The van der Waals surface area contributed by atoms with Gasteiger partial charge >= 0.3 is 35.8 Å². The zero-order valence-corrected chi connectivity index (χ0v) is 52.7. The highest BCUT2D eigenvalue weighted by Crippen LogP contribution is 2.70. The standard InChI is InChI=1S/C26H30BrNO4.C14H17NO2.C12H13BrN2O2.C12H15BrO2/c1-24(2,3)32-22(29)26(20-9-11-21(27)12-10-20)18-25(26)13-15-28(16-14-25)23(30)31-17-19-7-5-4-6-8-19;1-12-7-9-15(10-8-12)14(16)17-11-13-5-3-2-4-6-13;1-12(2,3)17-11(16)10(15-14)8-4-6-9(13)7-5-8;1-12(2,3)15-11(14)8-9-4-6-10(13)7-5-9/h4-12H,13-18H2,1-3H3;2-6H,1,7-11H2;4-7H,1-3H3;4-7H,8H2,1-3H3. The molecule has 2 heterocycles. The molecule has 8 rings (SSSR count). The first-order valence-corrected chi connectivity index (χ1v) is 29.2. The van der Waals surface area contributed by atoms with E-state index < -0.39 is 28.2 Å². The first-order valence-electron chi connectivity index (χ1n) is 26.9. The lowest BCUT2D eigenvalue weighted by Crippen LogP contribution is -2.43. The van der Waals surface area contributed by atoms with Crippen molar-refractivity contribution in [2.24, 2.45) is 5.41 Å². The number of rotatable bonds is 10. The van der Waals surface area contributed by atoms with Gasteiger partial charge in [0.25, 0.3) is 0 Å². The predicted octanol–water partition coefficient (Wildman–Crippen LogP) is 15.0. The maximum atomic E-state index is 13.4. The van der Waals surface area contributed by atoms with Crippen LogP contribution in [0.15, 0.2) is 159 Å². The van der Waals surface area contributed by atoms with E-state index in [0.29, 0.717) is 31.7 Å². The fourth-order valence-electron chi connectivity index (χ4n) is 9.02. The van der Waals surface area contributed by atoms with E-state index in [4.69, 9.17) is 29.2 Å². The van der Waals surface area contributed by atoms with E-state index in [1.807, 2.05) is 151 Å². The Balaban J connectivity index is 0.000000211. The summed E-state index contributed by atoms with van der Waals surface area (Å²) in [5.41, 5.74) is 12.0. The Morgan fingerprint density at radius 3 is 1.41 bits per heavy atom. The van der Waals surface area contributed by atoms with Gasteiger partial charge in [0.1, 0.15) is 30.0 Å². The molecule has 5 aromatic carbocycles. The van der Waals surface area contributed by atoms with Crippen LogP contribution in [0, 0.1) is 5.41 Å². The van der Waals surface area contributed by atoms with Crippen molar-refractivity contribution in [3.63, 3.8) is 0 Å². The van der Waals surface area contributed by atoms with E-state index in [1.54, 1.807) is 54.8 Å². The number of nitrogens with zero attached hydrogens (tertiary/aromatic N) is 4. The van der Waals surface area contributed by atoms with E-state index >= 15 is 0 Å². The zero-order chi connectivity index (χ0) is 59.6. The summed E-state index contributed by atoms with van der Waals surface area (Å²) in [4.78, 5) is 67.5. The number of hydrogen-bond acceptors (Lipinski definition) is 10. The number of ether oxygens (including phenoxy) is 5. The number of hydrogen-bond donors (Lipinski definition) is 0. The molecule has 3 fully saturated rings. The topological polar surface area (TPSA) is 174 Å². The molecule has 2 aliphatic heterocycles. The summed E-state index contributed by atoms with van der Waals surface area (Å²) in [6.45, 7) is 23.7. The van der Waals surface area contributed by atoms with Crippen molar-refractivity contribution in [3.05, 3.63) is 192 Å². The van der Waals surface area contributed by atoms with Crippen molar-refractivity contribution in [3.8, 4) is 0 Å². The van der Waals surface area contributed by atoms with Crippen molar-refractivity contribution in [2.45, 2.75) is 136 Å². The van der Waals surface area contributed by atoms with Crippen LogP contribution in [0.5, 0.6) is 0 Å². The number of piperidine rings is 2. The highest BCUT2D eigenvalue weighted by atomic mass is 79.9. The molecule has 3 aliphatic rings. The minimum Gasteiger partial charge on any atom is -0.460 e. The Morgan fingerprint density at radius 1 is 0.556 bits per heavy atom. The molecule has 5 aromatic rings. The van der Waals surface area contributed by atoms with Crippen LogP contribution in [0.1, 0.15) is 122 Å². The molecule has 1 atom stereocenters. The van der Waals surface area contributed by atoms with Gasteiger partial charge in [-0.3, -0.25) is 9.59 Å². The normalized spacial score (nSPS) is 16.2. The van der Waals surface area contributed by atoms with Gasteiger partial charge in [-0.25, -0.2) is 14.4 Å². The highest BCUT2D eigenvalue weighted by molar-refractivity contribution is 9.11. The Labute approximate surface area is 502 Å². The summed E-state index contributed by atoms with van der Waals surface area (Å²) >= 11 is 10.1. The summed E-state index contributed by atoms with van der Waals surface area (Å²) in [5.74, 6) is -1.00. The maximum absolute atomic E-state index is 13.4. The first kappa shape index (κ1) is 65.4. The van der Waals surface area contributed by atoms with Crippen LogP contribution in [-0.4, -0.2) is 93.4 Å². The van der Waals surface area contributed by atoms with Gasteiger partial charge in [0.2, 0.25) is 0 Å². The van der Waals surface area contributed by atoms with Gasteiger partial charge in [-0.15, -0.1) is 0 Å². The lowest BCUT2D eigenvalue weighted by atomic mass is 9.80. The Hall–Kier alpha value is -6.39. The molecule has 17 heteroatoms. The third-order valence-corrected chi connectivity index (χ3v) is 14.7. The summed E-state index contributed by atoms with van der Waals surface area (Å²) in [6.07, 6.45) is 3.85. The van der Waals surface area contributed by atoms with Crippen molar-refractivity contribution in [1.82, 2.24) is 9.80 Å². The molecular formula is C64H75Br3N4O10. The smallest absolute Gasteiger partial charge is 0.422 e. The van der Waals surface area contributed by atoms with Crippen LogP contribution in [0.3, 0.4) is 0 Å². The quantitative estimate of drug-likeness (QED) is 0.0327. The van der Waals surface area contributed by atoms with Gasteiger partial charge in [0.15, 0.2) is 0 Å². The van der Waals surface area contributed by atoms with E-state index in [9.17, 15) is 24.0 Å². The summed E-state index contributed by atoms with van der Waals surface area (Å²) in [7, 11) is 0. The van der Waals surface area contributed by atoms with Gasteiger partial charge in [-0.05, 0) is 171 Å². The first-order chi connectivity index (χ1) is 38.1. The molecule has 1 saturated carbocycles. The number of halogens is 3. The second-order valence-corrected chi connectivity index (χ2v) is 25.8. The molecule has 2 saturated heterocycles. The van der Waals surface area contributed by atoms with Crippen molar-refractivity contribution in [1.29, 1.82) is 0 Å². The molecule has 0 aromatic heterocycles.